The van der Waals surface area contributed by atoms with Crippen LogP contribution in [0.15, 0.2) is 48.5 Å². The molecule has 1 aliphatic heterocycles. The second-order valence-electron chi connectivity index (χ2n) is 7.09. The van der Waals surface area contributed by atoms with Crippen molar-refractivity contribution < 1.29 is 28.5 Å². The molecule has 0 unspecified atom stereocenters. The normalized spacial score (nSPS) is 11.8. The van der Waals surface area contributed by atoms with Crippen molar-refractivity contribution in [3.8, 4) is 17.2 Å². The number of esters is 1. The lowest BCUT2D eigenvalue weighted by atomic mass is 10.1. The maximum absolute atomic E-state index is 12.6. The molecule has 3 aromatic rings. The van der Waals surface area contributed by atoms with E-state index in [4.69, 9.17) is 18.9 Å². The van der Waals surface area contributed by atoms with Crippen LogP contribution in [0.1, 0.15) is 33.3 Å². The van der Waals surface area contributed by atoms with Gasteiger partial charge in [0, 0.05) is 11.3 Å². The fraction of sp³-hybridized carbons (Fsp3) is 0.250. The van der Waals surface area contributed by atoms with E-state index in [0.29, 0.717) is 28.5 Å². The molecule has 0 radical (unpaired) electrons. The Morgan fingerprint density at radius 1 is 1.09 bits per heavy atom. The predicted molar refractivity (Wildman–Crippen MR) is 121 cm³/mol. The van der Waals surface area contributed by atoms with Crippen molar-refractivity contribution in [3.05, 3.63) is 70.1 Å². The van der Waals surface area contributed by atoms with Gasteiger partial charge in [-0.2, -0.15) is 0 Å². The summed E-state index contributed by atoms with van der Waals surface area (Å²) in [6, 6.07) is 14.8. The molecule has 0 saturated heterocycles. The van der Waals surface area contributed by atoms with Gasteiger partial charge in [0.15, 0.2) is 18.1 Å². The zero-order valence-electron chi connectivity index (χ0n) is 17.8. The van der Waals surface area contributed by atoms with Gasteiger partial charge >= 0.3 is 5.97 Å². The van der Waals surface area contributed by atoms with E-state index in [-0.39, 0.29) is 25.9 Å². The molecule has 166 valence electrons. The lowest BCUT2D eigenvalue weighted by Crippen LogP contribution is -2.21. The van der Waals surface area contributed by atoms with Gasteiger partial charge in [0.05, 0.1) is 12.2 Å². The van der Waals surface area contributed by atoms with Crippen LogP contribution in [0.25, 0.3) is 0 Å². The number of carbonyl (C=O) groups excluding carboxylic acids is 2. The number of thiophene rings is 1. The Labute approximate surface area is 189 Å². The molecular weight excluding hydrogens is 430 g/mol. The molecule has 0 aliphatic carbocycles. The standard InChI is InChI=1S/C24H23NO6S/c1-3-28-24(27)22-15(2)20(12-16-9-10-18-19(11-16)31-14-30-18)32-23(22)25-21(26)13-29-17-7-5-4-6-8-17/h4-11H,3,12-14H2,1-2H3,(H,25,26). The second-order valence-corrected chi connectivity index (χ2v) is 8.19. The average molecular weight is 454 g/mol. The van der Waals surface area contributed by atoms with E-state index >= 15 is 0 Å². The van der Waals surface area contributed by atoms with E-state index in [9.17, 15) is 9.59 Å². The third-order valence-electron chi connectivity index (χ3n) is 4.89. The van der Waals surface area contributed by atoms with Gasteiger partial charge in [0.1, 0.15) is 10.8 Å². The van der Waals surface area contributed by atoms with E-state index in [1.54, 1.807) is 19.1 Å². The first-order valence-electron chi connectivity index (χ1n) is 10.2. The Bertz CT molecular complexity index is 1130. The summed E-state index contributed by atoms with van der Waals surface area (Å²) in [5, 5.41) is 3.27. The number of rotatable bonds is 8. The van der Waals surface area contributed by atoms with Gasteiger partial charge in [-0.15, -0.1) is 11.3 Å². The first kappa shape index (κ1) is 21.7. The highest BCUT2D eigenvalue weighted by molar-refractivity contribution is 7.17. The molecule has 1 N–H and O–H groups in total. The molecule has 0 spiro atoms. The van der Waals surface area contributed by atoms with E-state index in [1.807, 2.05) is 43.3 Å². The number of hydrogen-bond donors (Lipinski definition) is 1. The highest BCUT2D eigenvalue weighted by Gasteiger charge is 2.24. The van der Waals surface area contributed by atoms with Crippen molar-refractivity contribution in [2.75, 3.05) is 25.3 Å². The summed E-state index contributed by atoms with van der Waals surface area (Å²) in [4.78, 5) is 26.1. The van der Waals surface area contributed by atoms with Gasteiger partial charge < -0.3 is 24.3 Å². The number of amides is 1. The average Bonchev–Trinajstić information content (AvgIpc) is 3.37. The first-order valence-corrected chi connectivity index (χ1v) is 11.0. The van der Waals surface area contributed by atoms with Crippen LogP contribution < -0.4 is 19.5 Å². The third-order valence-corrected chi connectivity index (χ3v) is 6.10. The summed E-state index contributed by atoms with van der Waals surface area (Å²) < 4.78 is 21.6. The summed E-state index contributed by atoms with van der Waals surface area (Å²) in [7, 11) is 0. The van der Waals surface area contributed by atoms with Crippen molar-refractivity contribution in [1.82, 2.24) is 0 Å². The Morgan fingerprint density at radius 3 is 2.66 bits per heavy atom. The third kappa shape index (κ3) is 4.86. The van der Waals surface area contributed by atoms with Gasteiger partial charge in [0.25, 0.3) is 5.91 Å². The number of nitrogens with one attached hydrogen (secondary N) is 1. The molecule has 1 aromatic heterocycles. The lowest BCUT2D eigenvalue weighted by Gasteiger charge is -2.08. The molecule has 8 heteroatoms. The quantitative estimate of drug-likeness (QED) is 0.503. The van der Waals surface area contributed by atoms with Crippen LogP contribution >= 0.6 is 11.3 Å². The topological polar surface area (TPSA) is 83.1 Å². The van der Waals surface area contributed by atoms with E-state index in [1.165, 1.54) is 11.3 Å². The Morgan fingerprint density at radius 2 is 1.88 bits per heavy atom. The van der Waals surface area contributed by atoms with Crippen molar-refractivity contribution in [1.29, 1.82) is 0 Å². The van der Waals surface area contributed by atoms with Gasteiger partial charge in [-0.3, -0.25) is 4.79 Å². The van der Waals surface area contributed by atoms with Crippen LogP contribution in [0.2, 0.25) is 0 Å². The van der Waals surface area contributed by atoms with Gasteiger partial charge in [-0.1, -0.05) is 24.3 Å². The molecule has 0 bridgehead atoms. The van der Waals surface area contributed by atoms with Crippen LogP contribution in [0.4, 0.5) is 5.00 Å². The van der Waals surface area contributed by atoms with E-state index in [0.717, 1.165) is 21.8 Å². The fourth-order valence-electron chi connectivity index (χ4n) is 3.33. The summed E-state index contributed by atoms with van der Waals surface area (Å²) >= 11 is 1.36. The smallest absolute Gasteiger partial charge is 0.341 e. The van der Waals surface area contributed by atoms with Crippen LogP contribution in [-0.4, -0.2) is 31.9 Å². The van der Waals surface area contributed by atoms with Crippen LogP contribution in [-0.2, 0) is 16.0 Å². The number of anilines is 1. The summed E-state index contributed by atoms with van der Waals surface area (Å²) in [6.45, 7) is 3.90. The molecule has 0 fully saturated rings. The minimum atomic E-state index is -0.461. The van der Waals surface area contributed by atoms with Crippen molar-refractivity contribution in [2.24, 2.45) is 0 Å². The largest absolute Gasteiger partial charge is 0.484 e. The molecule has 0 atom stereocenters. The Kier molecular flexibility index (Phi) is 6.61. The summed E-state index contributed by atoms with van der Waals surface area (Å²) in [6.07, 6.45) is 0.579. The summed E-state index contributed by atoms with van der Waals surface area (Å²) in [5.41, 5.74) is 2.17. The minimum Gasteiger partial charge on any atom is -0.484 e. The van der Waals surface area contributed by atoms with Gasteiger partial charge in [0.2, 0.25) is 6.79 Å². The molecule has 0 saturated carbocycles. The minimum absolute atomic E-state index is 0.166. The zero-order chi connectivity index (χ0) is 22.5. The van der Waals surface area contributed by atoms with Crippen molar-refractivity contribution in [3.63, 3.8) is 0 Å². The van der Waals surface area contributed by atoms with Crippen LogP contribution in [0, 0.1) is 6.92 Å². The SMILES string of the molecule is CCOC(=O)c1c(NC(=O)COc2ccccc2)sc(Cc2ccc3c(c2)OCO3)c1C. The van der Waals surface area contributed by atoms with Gasteiger partial charge in [-0.05, 0) is 49.2 Å². The van der Waals surface area contributed by atoms with Crippen molar-refractivity contribution in [2.45, 2.75) is 20.3 Å². The maximum atomic E-state index is 12.6. The number of para-hydroxylation sites is 1. The number of hydrogen-bond acceptors (Lipinski definition) is 7. The Balaban J connectivity index is 1.53. The number of benzene rings is 2. The molecule has 2 aromatic carbocycles. The monoisotopic (exact) mass is 453 g/mol. The number of ether oxygens (including phenoxy) is 4. The highest BCUT2D eigenvalue weighted by Crippen LogP contribution is 2.37. The maximum Gasteiger partial charge on any atom is 0.341 e. The fourth-order valence-corrected chi connectivity index (χ4v) is 4.57. The van der Waals surface area contributed by atoms with Crippen LogP contribution in [0.3, 0.4) is 0 Å². The molecule has 32 heavy (non-hydrogen) atoms. The molecule has 1 amide bonds. The highest BCUT2D eigenvalue weighted by atomic mass is 32.1. The van der Waals surface area contributed by atoms with Crippen LogP contribution in [0.5, 0.6) is 17.2 Å². The predicted octanol–water partition coefficient (Wildman–Crippen LogP) is 4.57. The first-order chi connectivity index (χ1) is 15.5. The zero-order valence-corrected chi connectivity index (χ0v) is 18.6. The number of carbonyl (C=O) groups is 2. The molecule has 7 nitrogen and oxygen atoms in total. The molecule has 1 aliphatic rings. The molecule has 2 heterocycles. The van der Waals surface area contributed by atoms with E-state index in [2.05, 4.69) is 5.32 Å². The Hall–Kier alpha value is -3.52. The second kappa shape index (κ2) is 9.74. The van der Waals surface area contributed by atoms with Gasteiger partial charge in [-0.25, -0.2) is 4.79 Å². The lowest BCUT2D eigenvalue weighted by molar-refractivity contribution is -0.118. The van der Waals surface area contributed by atoms with E-state index < -0.39 is 5.97 Å². The molecule has 4 rings (SSSR count). The number of fused-ring (bicyclic) bond motifs is 1. The molecular formula is C24H23NO6S. The van der Waals surface area contributed by atoms with Crippen molar-refractivity contribution >= 4 is 28.2 Å². The summed E-state index contributed by atoms with van der Waals surface area (Å²) in [5.74, 6) is 1.20.